The van der Waals surface area contributed by atoms with Crippen LogP contribution in [0.4, 0.5) is 10.5 Å². The number of benzene rings is 2. The minimum Gasteiger partial charge on any atom is -0.508 e. The molecule has 222 valence electrons. The first-order chi connectivity index (χ1) is 20.0. The number of likely N-dealkylation sites (tertiary alicyclic amines) is 1. The van der Waals surface area contributed by atoms with E-state index in [1.807, 2.05) is 36.7 Å². The molecule has 0 radical (unpaired) electrons. The highest BCUT2D eigenvalue weighted by Crippen LogP contribution is 2.38. The largest absolute Gasteiger partial charge is 0.508 e. The molecule has 0 saturated carbocycles. The second kappa shape index (κ2) is 12.8. The number of nitrogens with zero attached hydrogens (tertiary/aromatic N) is 3. The fraction of sp³-hybridized carbons (Fsp3) is 0.333. The van der Waals surface area contributed by atoms with Gasteiger partial charge in [-0.3, -0.25) is 29.6 Å². The van der Waals surface area contributed by atoms with Crippen LogP contribution < -0.4 is 21.5 Å². The third-order valence-corrected chi connectivity index (χ3v) is 7.30. The van der Waals surface area contributed by atoms with Crippen molar-refractivity contribution in [3.8, 4) is 11.5 Å². The van der Waals surface area contributed by atoms with Gasteiger partial charge >= 0.3 is 6.03 Å². The fourth-order valence-electron chi connectivity index (χ4n) is 5.06. The van der Waals surface area contributed by atoms with E-state index in [4.69, 9.17) is 5.84 Å². The Kier molecular flexibility index (Phi) is 9.16. The predicted molar refractivity (Wildman–Crippen MR) is 158 cm³/mol. The quantitative estimate of drug-likeness (QED) is 0.101. The summed E-state index contributed by atoms with van der Waals surface area (Å²) in [5.41, 5.74) is 4.47. The number of nitrogens with two attached hydrogens (primary N) is 1. The summed E-state index contributed by atoms with van der Waals surface area (Å²) >= 11 is 0. The van der Waals surface area contributed by atoms with E-state index in [-0.39, 0.29) is 72.2 Å². The SMILES string of the molecule is C=C(c1cc(C(C)C)c(O)cc1O)N(C(=O)NN)c1ccc2c(ccn2CCNC(=O)CCCN2C(=O)CCC2=O)c1. The number of anilines is 1. The zero-order chi connectivity index (χ0) is 30.6. The van der Waals surface area contributed by atoms with Crippen LogP contribution in [0.1, 0.15) is 56.6 Å². The van der Waals surface area contributed by atoms with E-state index >= 15 is 0 Å². The van der Waals surface area contributed by atoms with E-state index in [2.05, 4.69) is 17.3 Å². The standard InChI is InChI=1S/C30H36N6O6/c1-18(2)22-16-23(26(38)17-25(22)37)19(3)36(30(42)33-31)21-6-7-24-20(15-21)10-13-34(24)14-11-32-27(39)5-4-12-35-28(40)8-9-29(35)41/h6-7,10,13,15-18,37-38H,3-5,8-9,11-12,14,31H2,1-2H3,(H,32,39)(H,33,42). The third kappa shape index (κ3) is 6.39. The second-order valence-electron chi connectivity index (χ2n) is 10.5. The number of carbonyl (C=O) groups excluding carboxylic acids is 4. The first-order valence-electron chi connectivity index (χ1n) is 13.8. The summed E-state index contributed by atoms with van der Waals surface area (Å²) in [5, 5.41) is 24.5. The molecule has 4 rings (SSSR count). The van der Waals surface area contributed by atoms with Gasteiger partial charge < -0.3 is 20.1 Å². The summed E-state index contributed by atoms with van der Waals surface area (Å²) < 4.78 is 1.96. The van der Waals surface area contributed by atoms with Crippen LogP contribution in [-0.4, -0.2) is 56.5 Å². The van der Waals surface area contributed by atoms with Gasteiger partial charge in [0, 0.05) is 67.6 Å². The number of aromatic hydroxyl groups is 2. The molecule has 3 aromatic rings. The lowest BCUT2D eigenvalue weighted by Crippen LogP contribution is -2.42. The maximum atomic E-state index is 12.9. The van der Waals surface area contributed by atoms with Crippen molar-refractivity contribution in [2.24, 2.45) is 5.84 Å². The first-order valence-corrected chi connectivity index (χ1v) is 13.8. The van der Waals surface area contributed by atoms with Crippen molar-refractivity contribution in [3.63, 3.8) is 0 Å². The molecule has 1 aliphatic rings. The van der Waals surface area contributed by atoms with E-state index < -0.39 is 6.03 Å². The zero-order valence-electron chi connectivity index (χ0n) is 23.7. The zero-order valence-corrected chi connectivity index (χ0v) is 23.7. The van der Waals surface area contributed by atoms with E-state index in [1.54, 1.807) is 18.2 Å². The normalized spacial score (nSPS) is 13.2. The Morgan fingerprint density at radius 2 is 1.76 bits per heavy atom. The average molecular weight is 577 g/mol. The van der Waals surface area contributed by atoms with E-state index in [0.717, 1.165) is 10.9 Å². The molecular formula is C30H36N6O6. The summed E-state index contributed by atoms with van der Waals surface area (Å²) in [4.78, 5) is 51.0. The highest BCUT2D eigenvalue weighted by Gasteiger charge is 2.28. The van der Waals surface area contributed by atoms with E-state index in [0.29, 0.717) is 30.8 Å². The monoisotopic (exact) mass is 576 g/mol. The Morgan fingerprint density at radius 1 is 1.05 bits per heavy atom. The fourth-order valence-corrected chi connectivity index (χ4v) is 5.06. The van der Waals surface area contributed by atoms with Crippen LogP contribution in [0.25, 0.3) is 16.6 Å². The van der Waals surface area contributed by atoms with Crippen LogP contribution in [0.3, 0.4) is 0 Å². The summed E-state index contributed by atoms with van der Waals surface area (Å²) in [6, 6.07) is 9.37. The van der Waals surface area contributed by atoms with Crippen molar-refractivity contribution in [2.45, 2.75) is 52.0 Å². The van der Waals surface area contributed by atoms with Gasteiger partial charge in [-0.2, -0.15) is 0 Å². The Bertz CT molecular complexity index is 1530. The molecular weight excluding hydrogens is 540 g/mol. The third-order valence-electron chi connectivity index (χ3n) is 7.30. The van der Waals surface area contributed by atoms with Crippen LogP contribution in [0, 0.1) is 0 Å². The maximum absolute atomic E-state index is 12.9. The topological polar surface area (TPSA) is 170 Å². The van der Waals surface area contributed by atoms with Crippen molar-refractivity contribution in [2.75, 3.05) is 18.0 Å². The molecule has 0 bridgehead atoms. The molecule has 1 saturated heterocycles. The molecule has 6 N–H and O–H groups in total. The number of hydrogen-bond donors (Lipinski definition) is 5. The number of phenolic OH excluding ortho intramolecular Hbond substituents is 2. The molecule has 5 amide bonds. The molecule has 12 heteroatoms. The van der Waals surface area contributed by atoms with Crippen molar-refractivity contribution < 1.29 is 29.4 Å². The van der Waals surface area contributed by atoms with Gasteiger partial charge in [0.05, 0.1) is 11.4 Å². The van der Waals surface area contributed by atoms with Gasteiger partial charge in [-0.15, -0.1) is 0 Å². The highest BCUT2D eigenvalue weighted by molar-refractivity contribution is 6.06. The molecule has 12 nitrogen and oxygen atoms in total. The van der Waals surface area contributed by atoms with Crippen LogP contribution in [-0.2, 0) is 20.9 Å². The van der Waals surface area contributed by atoms with Crippen molar-refractivity contribution >= 4 is 46.0 Å². The predicted octanol–water partition coefficient (Wildman–Crippen LogP) is 3.28. The molecule has 0 atom stereocenters. The highest BCUT2D eigenvalue weighted by atomic mass is 16.3. The van der Waals surface area contributed by atoms with E-state index in [1.165, 1.54) is 15.9 Å². The Hall–Kier alpha value is -4.84. The Morgan fingerprint density at radius 3 is 2.43 bits per heavy atom. The molecule has 0 spiro atoms. The smallest absolute Gasteiger partial charge is 0.340 e. The van der Waals surface area contributed by atoms with Crippen LogP contribution in [0.5, 0.6) is 11.5 Å². The number of hydrogen-bond acceptors (Lipinski definition) is 7. The number of carbonyl (C=O) groups is 4. The summed E-state index contributed by atoms with van der Waals surface area (Å²) in [6.45, 7) is 8.97. The van der Waals surface area contributed by atoms with Gasteiger partial charge in [0.2, 0.25) is 17.7 Å². The van der Waals surface area contributed by atoms with Gasteiger partial charge in [-0.1, -0.05) is 20.4 Å². The van der Waals surface area contributed by atoms with Gasteiger partial charge in [-0.25, -0.2) is 10.6 Å². The number of rotatable bonds is 11. The molecule has 1 aromatic heterocycles. The molecule has 0 aliphatic carbocycles. The number of hydrazine groups is 1. The lowest BCUT2D eigenvalue weighted by atomic mass is 9.97. The minimum atomic E-state index is -0.668. The second-order valence-corrected chi connectivity index (χ2v) is 10.5. The van der Waals surface area contributed by atoms with Gasteiger partial charge in [-0.05, 0) is 48.2 Å². The number of phenols is 2. The summed E-state index contributed by atoms with van der Waals surface area (Å²) in [7, 11) is 0. The number of imide groups is 1. The Labute approximate surface area is 243 Å². The number of aromatic nitrogens is 1. The van der Waals surface area contributed by atoms with Gasteiger partial charge in [0.25, 0.3) is 0 Å². The van der Waals surface area contributed by atoms with E-state index in [9.17, 15) is 29.4 Å². The summed E-state index contributed by atoms with van der Waals surface area (Å²) in [6.07, 6.45) is 2.98. The van der Waals surface area contributed by atoms with Crippen molar-refractivity contribution in [1.29, 1.82) is 0 Å². The lowest BCUT2D eigenvalue weighted by Gasteiger charge is -2.26. The molecule has 0 unspecified atom stereocenters. The maximum Gasteiger partial charge on any atom is 0.340 e. The minimum absolute atomic E-state index is 0.0406. The lowest BCUT2D eigenvalue weighted by molar-refractivity contribution is -0.138. The number of urea groups is 1. The van der Waals surface area contributed by atoms with Crippen LogP contribution in [0.2, 0.25) is 0 Å². The van der Waals surface area contributed by atoms with Gasteiger partial charge in [0.1, 0.15) is 11.5 Å². The van der Waals surface area contributed by atoms with Crippen LogP contribution in [0.15, 0.2) is 49.2 Å². The van der Waals surface area contributed by atoms with Crippen molar-refractivity contribution in [1.82, 2.24) is 20.2 Å². The molecule has 2 heterocycles. The number of nitrogens with one attached hydrogen (secondary N) is 2. The van der Waals surface area contributed by atoms with Crippen LogP contribution >= 0.6 is 0 Å². The number of fused-ring (bicyclic) bond motifs is 1. The summed E-state index contributed by atoms with van der Waals surface area (Å²) in [5.74, 6) is 4.63. The Balaban J connectivity index is 1.43. The average Bonchev–Trinajstić information content (AvgIpc) is 3.50. The molecule has 2 aromatic carbocycles. The number of amides is 5. The first kappa shape index (κ1) is 30.1. The molecule has 1 fully saturated rings. The molecule has 42 heavy (non-hydrogen) atoms. The molecule has 1 aliphatic heterocycles. The van der Waals surface area contributed by atoms with Gasteiger partial charge in [0.15, 0.2) is 0 Å². The van der Waals surface area contributed by atoms with Crippen molar-refractivity contribution in [3.05, 3.63) is 60.3 Å².